The maximum absolute atomic E-state index is 13.4. The molecule has 0 unspecified atom stereocenters. The van der Waals surface area contributed by atoms with Crippen LogP contribution in [0.1, 0.15) is 11.1 Å². The Morgan fingerprint density at radius 2 is 2.00 bits per heavy atom. The van der Waals surface area contributed by atoms with E-state index in [1.165, 1.54) is 6.07 Å². The van der Waals surface area contributed by atoms with Gasteiger partial charge >= 0.3 is 6.01 Å². The molecule has 1 heterocycles. The van der Waals surface area contributed by atoms with Gasteiger partial charge in [-0.3, -0.25) is 0 Å². The van der Waals surface area contributed by atoms with Gasteiger partial charge < -0.3 is 10.5 Å². The SMILES string of the molecule is Cc1cnc(Oc2cccc(F)c2CN)nc1. The quantitative estimate of drug-likeness (QED) is 0.882. The van der Waals surface area contributed by atoms with Crippen LogP contribution in [0.25, 0.3) is 0 Å². The van der Waals surface area contributed by atoms with Gasteiger partial charge in [0.2, 0.25) is 0 Å². The van der Waals surface area contributed by atoms with Crippen molar-refractivity contribution in [1.82, 2.24) is 9.97 Å². The van der Waals surface area contributed by atoms with Gasteiger partial charge in [-0.2, -0.15) is 0 Å². The first-order valence-electron chi connectivity index (χ1n) is 5.14. The van der Waals surface area contributed by atoms with Crippen molar-refractivity contribution in [3.8, 4) is 11.8 Å². The Labute approximate surface area is 98.3 Å². The number of halogens is 1. The van der Waals surface area contributed by atoms with Crippen LogP contribution in [0, 0.1) is 12.7 Å². The molecule has 0 radical (unpaired) electrons. The van der Waals surface area contributed by atoms with Gasteiger partial charge in [-0.15, -0.1) is 0 Å². The average Bonchev–Trinajstić information content (AvgIpc) is 2.32. The highest BCUT2D eigenvalue weighted by Crippen LogP contribution is 2.24. The maximum Gasteiger partial charge on any atom is 0.321 e. The van der Waals surface area contributed by atoms with E-state index in [0.717, 1.165) is 5.56 Å². The zero-order valence-electron chi connectivity index (χ0n) is 9.35. The number of aryl methyl sites for hydroxylation is 1. The summed E-state index contributed by atoms with van der Waals surface area (Å²) in [5, 5.41) is 0. The van der Waals surface area contributed by atoms with E-state index in [0.29, 0.717) is 11.3 Å². The van der Waals surface area contributed by atoms with Crippen LogP contribution in [-0.4, -0.2) is 9.97 Å². The molecular weight excluding hydrogens is 221 g/mol. The molecule has 0 bridgehead atoms. The molecule has 0 aliphatic carbocycles. The van der Waals surface area contributed by atoms with E-state index in [2.05, 4.69) is 9.97 Å². The molecule has 1 aromatic carbocycles. The van der Waals surface area contributed by atoms with Crippen molar-refractivity contribution in [2.24, 2.45) is 5.73 Å². The predicted molar refractivity (Wildman–Crippen MR) is 61.1 cm³/mol. The van der Waals surface area contributed by atoms with Crippen molar-refractivity contribution in [3.63, 3.8) is 0 Å². The molecule has 0 saturated heterocycles. The highest BCUT2D eigenvalue weighted by molar-refractivity contribution is 5.36. The molecule has 0 fully saturated rings. The normalized spacial score (nSPS) is 10.3. The van der Waals surface area contributed by atoms with Crippen molar-refractivity contribution >= 4 is 0 Å². The summed E-state index contributed by atoms with van der Waals surface area (Å²) in [4.78, 5) is 7.96. The molecule has 0 aliphatic rings. The number of hydrogen-bond donors (Lipinski definition) is 1. The van der Waals surface area contributed by atoms with E-state index >= 15 is 0 Å². The number of nitrogens with two attached hydrogens (primary N) is 1. The summed E-state index contributed by atoms with van der Waals surface area (Å²) in [5.41, 5.74) is 6.71. The Morgan fingerprint density at radius 3 is 2.65 bits per heavy atom. The van der Waals surface area contributed by atoms with Crippen LogP contribution in [-0.2, 0) is 6.54 Å². The second-order valence-corrected chi connectivity index (χ2v) is 3.57. The number of aromatic nitrogens is 2. The Balaban J connectivity index is 2.29. The summed E-state index contributed by atoms with van der Waals surface area (Å²) in [6, 6.07) is 4.70. The molecule has 0 aliphatic heterocycles. The Morgan fingerprint density at radius 1 is 1.29 bits per heavy atom. The van der Waals surface area contributed by atoms with Gasteiger partial charge in [-0.1, -0.05) is 6.07 Å². The second kappa shape index (κ2) is 4.88. The van der Waals surface area contributed by atoms with Crippen LogP contribution in [0.15, 0.2) is 30.6 Å². The number of hydrogen-bond acceptors (Lipinski definition) is 4. The lowest BCUT2D eigenvalue weighted by Crippen LogP contribution is -2.03. The van der Waals surface area contributed by atoms with Gasteiger partial charge in [0.05, 0.1) is 0 Å². The van der Waals surface area contributed by atoms with Gasteiger partial charge in [-0.05, 0) is 24.6 Å². The summed E-state index contributed by atoms with van der Waals surface area (Å²) >= 11 is 0. The highest BCUT2D eigenvalue weighted by Gasteiger charge is 2.09. The van der Waals surface area contributed by atoms with Gasteiger partial charge in [-0.25, -0.2) is 14.4 Å². The van der Waals surface area contributed by atoms with Crippen LogP contribution < -0.4 is 10.5 Å². The predicted octanol–water partition coefficient (Wildman–Crippen LogP) is 2.18. The third kappa shape index (κ3) is 2.57. The van der Waals surface area contributed by atoms with Crippen LogP contribution in [0.4, 0.5) is 4.39 Å². The number of nitrogens with zero attached hydrogens (tertiary/aromatic N) is 2. The van der Waals surface area contributed by atoms with Crippen molar-refractivity contribution in [3.05, 3.63) is 47.5 Å². The first kappa shape index (κ1) is 11.5. The molecule has 2 N–H and O–H groups in total. The molecule has 4 nitrogen and oxygen atoms in total. The van der Waals surface area contributed by atoms with Crippen LogP contribution in [0.3, 0.4) is 0 Å². The summed E-state index contributed by atoms with van der Waals surface area (Å²) in [6.45, 7) is 1.94. The first-order valence-corrected chi connectivity index (χ1v) is 5.14. The van der Waals surface area contributed by atoms with E-state index in [4.69, 9.17) is 10.5 Å². The molecule has 1 aromatic heterocycles. The van der Waals surface area contributed by atoms with Crippen LogP contribution >= 0.6 is 0 Å². The second-order valence-electron chi connectivity index (χ2n) is 3.57. The monoisotopic (exact) mass is 233 g/mol. The van der Waals surface area contributed by atoms with Crippen molar-refractivity contribution in [2.75, 3.05) is 0 Å². The Kier molecular flexibility index (Phi) is 3.30. The number of ether oxygens (including phenoxy) is 1. The molecule has 5 heteroatoms. The Hall–Kier alpha value is -2.01. The molecule has 88 valence electrons. The molecule has 0 atom stereocenters. The summed E-state index contributed by atoms with van der Waals surface area (Å²) in [5.74, 6) is -0.0477. The lowest BCUT2D eigenvalue weighted by molar-refractivity contribution is 0.430. The first-order chi connectivity index (χ1) is 8.20. The smallest absolute Gasteiger partial charge is 0.321 e. The minimum atomic E-state index is -0.392. The lowest BCUT2D eigenvalue weighted by atomic mass is 10.2. The Bertz CT molecular complexity index is 514. The number of rotatable bonds is 3. The molecule has 0 saturated carbocycles. The fourth-order valence-electron chi connectivity index (χ4n) is 1.36. The van der Waals surface area contributed by atoms with Crippen LogP contribution in [0.2, 0.25) is 0 Å². The van der Waals surface area contributed by atoms with Gasteiger partial charge in [0.25, 0.3) is 0 Å². The van der Waals surface area contributed by atoms with Crippen LogP contribution in [0.5, 0.6) is 11.8 Å². The van der Waals surface area contributed by atoms with Crippen molar-refractivity contribution < 1.29 is 9.13 Å². The minimum Gasteiger partial charge on any atom is -0.424 e. The van der Waals surface area contributed by atoms with Crippen molar-refractivity contribution in [2.45, 2.75) is 13.5 Å². The summed E-state index contributed by atoms with van der Waals surface area (Å²) in [7, 11) is 0. The van der Waals surface area contributed by atoms with Gasteiger partial charge in [0.15, 0.2) is 0 Å². The molecule has 17 heavy (non-hydrogen) atoms. The van der Waals surface area contributed by atoms with Gasteiger partial charge in [0.1, 0.15) is 11.6 Å². The maximum atomic E-state index is 13.4. The fourth-order valence-corrected chi connectivity index (χ4v) is 1.36. The van der Waals surface area contributed by atoms with E-state index in [-0.39, 0.29) is 12.6 Å². The topological polar surface area (TPSA) is 61.0 Å². The highest BCUT2D eigenvalue weighted by atomic mass is 19.1. The molecule has 2 aromatic rings. The lowest BCUT2D eigenvalue weighted by Gasteiger charge is -2.08. The average molecular weight is 233 g/mol. The molecule has 2 rings (SSSR count). The molecule has 0 amide bonds. The van der Waals surface area contributed by atoms with E-state index in [1.54, 1.807) is 24.5 Å². The summed E-state index contributed by atoms with van der Waals surface area (Å²) < 4.78 is 18.8. The van der Waals surface area contributed by atoms with E-state index in [1.807, 2.05) is 6.92 Å². The van der Waals surface area contributed by atoms with E-state index in [9.17, 15) is 4.39 Å². The zero-order chi connectivity index (χ0) is 12.3. The van der Waals surface area contributed by atoms with Gasteiger partial charge in [0, 0.05) is 24.5 Å². The fraction of sp³-hybridized carbons (Fsp3) is 0.167. The number of benzene rings is 1. The standard InChI is InChI=1S/C12H12FN3O/c1-8-6-15-12(16-7-8)17-11-4-2-3-10(13)9(11)5-14/h2-4,6-7H,5,14H2,1H3. The largest absolute Gasteiger partial charge is 0.424 e. The minimum absolute atomic E-state index is 0.0634. The zero-order valence-corrected chi connectivity index (χ0v) is 9.35. The summed E-state index contributed by atoms with van der Waals surface area (Å²) in [6.07, 6.45) is 3.26. The van der Waals surface area contributed by atoms with Crippen molar-refractivity contribution in [1.29, 1.82) is 0 Å². The molecular formula is C12H12FN3O. The third-order valence-electron chi connectivity index (χ3n) is 2.24. The molecule has 0 spiro atoms. The van der Waals surface area contributed by atoms with E-state index < -0.39 is 5.82 Å². The third-order valence-corrected chi connectivity index (χ3v) is 2.24.